The average Bonchev–Trinajstić information content (AvgIpc) is 3.04. The molecule has 3 atom stereocenters. The minimum atomic E-state index is -1.11. The number of carbonyl (C=O) groups is 6. The number of ether oxygens (including phenoxy) is 3. The van der Waals surface area contributed by atoms with E-state index in [1.54, 1.807) is 0 Å². The van der Waals surface area contributed by atoms with Gasteiger partial charge in [0.15, 0.2) is 0 Å². The zero-order valence-corrected chi connectivity index (χ0v) is 29.4. The van der Waals surface area contributed by atoms with Crippen LogP contribution in [0.25, 0.3) is 0 Å². The first-order valence-corrected chi connectivity index (χ1v) is 16.1. The molecule has 0 rings (SSSR count). The van der Waals surface area contributed by atoms with E-state index in [-0.39, 0.29) is 78.5 Å². The van der Waals surface area contributed by atoms with E-state index in [4.69, 9.17) is 47.0 Å². The Labute approximate surface area is 291 Å². The van der Waals surface area contributed by atoms with Crippen LogP contribution >= 0.6 is 0 Å². The summed E-state index contributed by atoms with van der Waals surface area (Å²) < 4.78 is 17.5. The Morgan fingerprint density at radius 2 is 0.800 bits per heavy atom. The maximum absolute atomic E-state index is 12.1. The topological polar surface area (TPSA) is 315 Å². The lowest BCUT2D eigenvalue weighted by molar-refractivity contribution is -0.160. The van der Waals surface area contributed by atoms with Gasteiger partial charge in [0.25, 0.3) is 0 Å². The van der Waals surface area contributed by atoms with Gasteiger partial charge in [-0.05, 0) is 19.3 Å². The number of hydrogen-bond donors (Lipinski definition) is 9. The number of amides is 6. The summed E-state index contributed by atoms with van der Waals surface area (Å²) in [5, 5.41) is 36.3. The number of nitrogens with one attached hydrogen (secondary N) is 3. The quantitative estimate of drug-likeness (QED) is 0.0223. The minimum Gasteiger partial charge on any atom is -0.381 e. The molecule has 6 amide bonds. The monoisotopic (exact) mass is 723 g/mol. The number of carbonyl (C=O) groups excluding carboxylic acids is 6. The molecule has 0 aliphatic carbocycles. The molecule has 0 fully saturated rings. The summed E-state index contributed by atoms with van der Waals surface area (Å²) in [6.07, 6.45) is 0.275. The second-order valence-corrected chi connectivity index (χ2v) is 12.1. The number of nitrogens with zero attached hydrogens (tertiary/aromatic N) is 3. The zero-order valence-electron chi connectivity index (χ0n) is 29.4. The van der Waals surface area contributed by atoms with Crippen LogP contribution < -0.4 is 33.2 Å². The second kappa shape index (κ2) is 25.4. The normalized spacial score (nSPS) is 14.0. The van der Waals surface area contributed by atoms with Crippen molar-refractivity contribution in [1.82, 2.24) is 31.1 Å². The van der Waals surface area contributed by atoms with Crippen LogP contribution in [0.3, 0.4) is 0 Å². The predicted molar refractivity (Wildman–Crippen MR) is 175 cm³/mol. The van der Waals surface area contributed by atoms with Gasteiger partial charge in [-0.2, -0.15) is 0 Å². The highest BCUT2D eigenvalue weighted by Crippen LogP contribution is 2.19. The third-order valence-corrected chi connectivity index (χ3v) is 6.92. The maximum Gasteiger partial charge on any atom is 0.247 e. The first-order valence-electron chi connectivity index (χ1n) is 16.1. The highest BCUT2D eigenvalue weighted by Gasteiger charge is 2.26. The highest BCUT2D eigenvalue weighted by molar-refractivity contribution is 5.88. The van der Waals surface area contributed by atoms with Crippen LogP contribution in [0.4, 0.5) is 0 Å². The first-order chi connectivity index (χ1) is 23.4. The Balaban J connectivity index is 4.74. The molecule has 0 aliphatic rings. The molecule has 0 aromatic carbocycles. The Hall–Kier alpha value is -3.54. The summed E-state index contributed by atoms with van der Waals surface area (Å²) in [6, 6.07) is -3.33. The fraction of sp³-hybridized carbons (Fsp3) is 0.793. The van der Waals surface area contributed by atoms with Crippen LogP contribution in [0, 0.1) is 5.41 Å². The summed E-state index contributed by atoms with van der Waals surface area (Å²) in [6.45, 7) is 4.05. The molecule has 12 N–H and O–H groups in total. The van der Waals surface area contributed by atoms with E-state index < -0.39 is 59.0 Å². The Bertz CT molecular complexity index is 938. The smallest absolute Gasteiger partial charge is 0.247 e. The zero-order chi connectivity index (χ0) is 38.3. The van der Waals surface area contributed by atoms with Gasteiger partial charge in [0, 0.05) is 66.0 Å². The van der Waals surface area contributed by atoms with Gasteiger partial charge in [0.05, 0.1) is 57.2 Å². The lowest BCUT2D eigenvalue weighted by Gasteiger charge is -2.29. The lowest BCUT2D eigenvalue weighted by atomic mass is 9.94. The summed E-state index contributed by atoms with van der Waals surface area (Å²) in [5.41, 5.74) is 16.5. The molecule has 50 heavy (non-hydrogen) atoms. The van der Waals surface area contributed by atoms with Gasteiger partial charge in [0.2, 0.25) is 35.4 Å². The molecule has 0 saturated heterocycles. The van der Waals surface area contributed by atoms with Crippen molar-refractivity contribution in [1.29, 1.82) is 0 Å². The van der Waals surface area contributed by atoms with Gasteiger partial charge in [-0.15, -0.1) is 0 Å². The van der Waals surface area contributed by atoms with Gasteiger partial charge in [-0.3, -0.25) is 44.4 Å². The first kappa shape index (κ1) is 46.5. The van der Waals surface area contributed by atoms with Crippen LogP contribution in [-0.4, -0.2) is 165 Å². The summed E-state index contributed by atoms with van der Waals surface area (Å²) >= 11 is 0. The van der Waals surface area contributed by atoms with Crippen LogP contribution in [0.5, 0.6) is 0 Å². The van der Waals surface area contributed by atoms with Crippen molar-refractivity contribution in [3.63, 3.8) is 0 Å². The largest absolute Gasteiger partial charge is 0.381 e. The lowest BCUT2D eigenvalue weighted by Crippen LogP contribution is -2.44. The SMILES string of the molecule is CN(O)C(=O)CC(N)C(=O)NCCCOCC(C)(COCCCNC(=O)C(N)CC(=O)N(C)O)COCCCNC(=O)C(N)CC(=O)N(C)O. The number of hydroxylamine groups is 6. The molecular weight excluding hydrogens is 666 g/mol. The Kier molecular flexibility index (Phi) is 23.6. The van der Waals surface area contributed by atoms with Gasteiger partial charge < -0.3 is 47.4 Å². The Morgan fingerprint density at radius 3 is 1.02 bits per heavy atom. The molecule has 290 valence electrons. The average molecular weight is 724 g/mol. The van der Waals surface area contributed by atoms with Gasteiger partial charge >= 0.3 is 0 Å². The van der Waals surface area contributed by atoms with Crippen molar-refractivity contribution in [2.45, 2.75) is 63.6 Å². The van der Waals surface area contributed by atoms with Crippen LogP contribution in [-0.2, 0) is 43.0 Å². The van der Waals surface area contributed by atoms with Crippen molar-refractivity contribution in [2.24, 2.45) is 22.6 Å². The minimum absolute atomic E-state index is 0.218. The number of nitrogens with two attached hydrogens (primary N) is 3. The summed E-state index contributed by atoms with van der Waals surface area (Å²) in [4.78, 5) is 70.8. The molecule has 21 nitrogen and oxygen atoms in total. The van der Waals surface area contributed by atoms with Crippen LogP contribution in [0.15, 0.2) is 0 Å². The van der Waals surface area contributed by atoms with E-state index in [1.807, 2.05) is 6.92 Å². The van der Waals surface area contributed by atoms with E-state index in [1.165, 1.54) is 0 Å². The third kappa shape index (κ3) is 21.5. The van der Waals surface area contributed by atoms with Crippen molar-refractivity contribution < 1.29 is 58.6 Å². The molecular formula is C29H57N9O12. The second-order valence-electron chi connectivity index (χ2n) is 12.1. The molecule has 21 heteroatoms. The van der Waals surface area contributed by atoms with E-state index in [0.29, 0.717) is 34.5 Å². The van der Waals surface area contributed by atoms with Crippen LogP contribution in [0.2, 0.25) is 0 Å². The third-order valence-electron chi connectivity index (χ3n) is 6.92. The summed E-state index contributed by atoms with van der Waals surface area (Å²) in [5.74, 6) is -3.70. The standard InChI is InChI=1S/C29H57N9O12/c1-29(17-48-11-5-8-33-26(42)20(30)14-23(39)36(2)45,18-49-12-6-9-34-27(43)21(31)15-24(40)37(3)46)19-50-13-7-10-35-28(44)22(32)16-25(41)38(4)47/h20-22,45-47H,5-19,30-32H2,1-4H3,(H,33,42)(H,34,43)(H,35,44). The maximum atomic E-state index is 12.1. The van der Waals surface area contributed by atoms with Crippen molar-refractivity contribution >= 4 is 35.4 Å². The predicted octanol–water partition coefficient (Wildman–Crippen LogP) is -3.74. The fourth-order valence-corrected chi connectivity index (χ4v) is 3.87. The van der Waals surface area contributed by atoms with E-state index >= 15 is 0 Å². The molecule has 0 aromatic heterocycles. The van der Waals surface area contributed by atoms with Gasteiger partial charge in [0.1, 0.15) is 0 Å². The molecule has 0 heterocycles. The number of rotatable bonds is 27. The molecule has 0 aliphatic heterocycles. The molecule has 0 saturated carbocycles. The molecule has 0 aromatic rings. The van der Waals surface area contributed by atoms with Crippen molar-refractivity contribution in [2.75, 3.05) is 80.4 Å². The Morgan fingerprint density at radius 1 is 0.560 bits per heavy atom. The van der Waals surface area contributed by atoms with Gasteiger partial charge in [-0.1, -0.05) is 6.92 Å². The van der Waals surface area contributed by atoms with E-state index in [0.717, 1.165) is 21.1 Å². The van der Waals surface area contributed by atoms with E-state index in [9.17, 15) is 28.8 Å². The van der Waals surface area contributed by atoms with Crippen molar-refractivity contribution in [3.05, 3.63) is 0 Å². The molecule has 0 spiro atoms. The molecule has 0 bridgehead atoms. The van der Waals surface area contributed by atoms with Crippen molar-refractivity contribution in [3.8, 4) is 0 Å². The number of hydrogen-bond acceptors (Lipinski definition) is 15. The van der Waals surface area contributed by atoms with Crippen LogP contribution in [0.1, 0.15) is 45.4 Å². The highest BCUT2D eigenvalue weighted by atomic mass is 16.5. The molecule has 3 unspecified atom stereocenters. The van der Waals surface area contributed by atoms with Gasteiger partial charge in [-0.25, -0.2) is 15.2 Å². The van der Waals surface area contributed by atoms with E-state index in [2.05, 4.69) is 16.0 Å². The summed E-state index contributed by atoms with van der Waals surface area (Å²) in [7, 11) is 3.42. The fourth-order valence-electron chi connectivity index (χ4n) is 3.87. The molecule has 0 radical (unpaired) electrons.